The number of rotatable bonds is 6. The molecule has 1 unspecified atom stereocenters. The Morgan fingerprint density at radius 2 is 1.79 bits per heavy atom. The van der Waals surface area contributed by atoms with Gasteiger partial charge in [-0.05, 0) is 31.5 Å². The van der Waals surface area contributed by atoms with Gasteiger partial charge in [0.2, 0.25) is 5.91 Å². The van der Waals surface area contributed by atoms with Gasteiger partial charge in [0, 0.05) is 0 Å². The van der Waals surface area contributed by atoms with Crippen molar-refractivity contribution in [3.8, 4) is 0 Å². The van der Waals surface area contributed by atoms with Gasteiger partial charge in [-0.25, -0.2) is 4.98 Å². The van der Waals surface area contributed by atoms with Crippen LogP contribution in [0.1, 0.15) is 29.4 Å². The molecule has 3 rings (SSSR count). The fourth-order valence-electron chi connectivity index (χ4n) is 3.15. The van der Waals surface area contributed by atoms with Gasteiger partial charge in [-0.2, -0.15) is 0 Å². The van der Waals surface area contributed by atoms with E-state index in [0.29, 0.717) is 16.7 Å². The lowest BCUT2D eigenvalue weighted by Gasteiger charge is -2.19. The molecule has 150 valence electrons. The van der Waals surface area contributed by atoms with Crippen molar-refractivity contribution in [2.75, 3.05) is 7.11 Å². The van der Waals surface area contributed by atoms with Crippen molar-refractivity contribution in [2.45, 2.75) is 32.9 Å². The highest BCUT2D eigenvalue weighted by molar-refractivity contribution is 5.80. The van der Waals surface area contributed by atoms with Crippen LogP contribution in [0.25, 0.3) is 10.9 Å². The number of aromatic nitrogens is 2. The molecule has 0 saturated carbocycles. The molecular formula is C22H23N3O4. The van der Waals surface area contributed by atoms with Crippen LogP contribution in [-0.4, -0.2) is 28.5 Å². The molecular weight excluding hydrogens is 370 g/mol. The van der Waals surface area contributed by atoms with Gasteiger partial charge in [0.15, 0.2) is 0 Å². The lowest BCUT2D eigenvalue weighted by Crippen LogP contribution is -2.36. The van der Waals surface area contributed by atoms with E-state index in [2.05, 4.69) is 10.3 Å². The zero-order valence-corrected chi connectivity index (χ0v) is 16.6. The molecule has 1 N–H and O–H groups in total. The molecule has 1 amide bonds. The summed E-state index contributed by atoms with van der Waals surface area (Å²) < 4.78 is 6.09. The Kier molecular flexibility index (Phi) is 6.07. The van der Waals surface area contributed by atoms with E-state index in [9.17, 15) is 14.4 Å². The summed E-state index contributed by atoms with van der Waals surface area (Å²) in [6, 6.07) is 14.0. The van der Waals surface area contributed by atoms with E-state index in [1.807, 2.05) is 37.3 Å². The number of hydrogen-bond acceptors (Lipinski definition) is 5. The number of fused-ring (bicyclic) bond motifs is 1. The molecule has 7 nitrogen and oxygen atoms in total. The van der Waals surface area contributed by atoms with Crippen molar-refractivity contribution in [1.29, 1.82) is 0 Å². The van der Waals surface area contributed by atoms with Crippen LogP contribution in [0.4, 0.5) is 0 Å². The van der Waals surface area contributed by atoms with Crippen LogP contribution in [0.5, 0.6) is 0 Å². The molecule has 0 aliphatic rings. The molecule has 0 aliphatic carbocycles. The first-order chi connectivity index (χ1) is 13.9. The van der Waals surface area contributed by atoms with Gasteiger partial charge in [0.05, 0.1) is 30.5 Å². The number of hydrogen-bond donors (Lipinski definition) is 1. The van der Waals surface area contributed by atoms with E-state index in [-0.39, 0.29) is 24.4 Å². The number of nitrogens with zero attached hydrogens (tertiary/aromatic N) is 2. The van der Waals surface area contributed by atoms with E-state index in [0.717, 1.165) is 11.1 Å². The summed E-state index contributed by atoms with van der Waals surface area (Å²) in [5.41, 5.74) is 2.18. The summed E-state index contributed by atoms with van der Waals surface area (Å²) >= 11 is 0. The van der Waals surface area contributed by atoms with Crippen LogP contribution >= 0.6 is 0 Å². The maximum Gasteiger partial charge on any atom is 0.307 e. The number of methoxy groups -OCH3 is 1. The van der Waals surface area contributed by atoms with Gasteiger partial charge in [0.1, 0.15) is 12.4 Å². The number of ether oxygens (including phenoxy) is 1. The Bertz CT molecular complexity index is 1100. The molecule has 3 aromatic rings. The predicted octanol–water partition coefficient (Wildman–Crippen LogP) is 2.43. The van der Waals surface area contributed by atoms with E-state index >= 15 is 0 Å². The summed E-state index contributed by atoms with van der Waals surface area (Å²) in [7, 11) is 1.31. The Balaban J connectivity index is 1.85. The molecule has 0 spiro atoms. The second-order valence-electron chi connectivity index (χ2n) is 6.88. The van der Waals surface area contributed by atoms with E-state index < -0.39 is 12.0 Å². The van der Waals surface area contributed by atoms with Gasteiger partial charge < -0.3 is 10.1 Å². The minimum absolute atomic E-state index is 0.00481. The average molecular weight is 393 g/mol. The molecule has 0 fully saturated rings. The minimum Gasteiger partial charge on any atom is -0.469 e. The van der Waals surface area contributed by atoms with Crippen molar-refractivity contribution in [1.82, 2.24) is 14.9 Å². The number of carbonyl (C=O) groups is 2. The van der Waals surface area contributed by atoms with Gasteiger partial charge >= 0.3 is 5.97 Å². The van der Waals surface area contributed by atoms with E-state index in [1.165, 1.54) is 11.7 Å². The predicted molar refractivity (Wildman–Crippen MR) is 109 cm³/mol. The normalized spacial score (nSPS) is 11.8. The van der Waals surface area contributed by atoms with Crippen LogP contribution in [-0.2, 0) is 20.9 Å². The second kappa shape index (κ2) is 8.68. The molecule has 0 saturated heterocycles. The number of carbonyl (C=O) groups excluding carboxylic acids is 2. The first-order valence-corrected chi connectivity index (χ1v) is 9.28. The van der Waals surface area contributed by atoms with Gasteiger partial charge in [-0.15, -0.1) is 0 Å². The fourth-order valence-corrected chi connectivity index (χ4v) is 3.15. The summed E-state index contributed by atoms with van der Waals surface area (Å²) in [4.78, 5) is 41.7. The monoisotopic (exact) mass is 393 g/mol. The first-order valence-electron chi connectivity index (χ1n) is 9.28. The zero-order valence-electron chi connectivity index (χ0n) is 16.6. The molecule has 0 radical (unpaired) electrons. The number of esters is 1. The second-order valence-corrected chi connectivity index (χ2v) is 6.88. The van der Waals surface area contributed by atoms with Crippen molar-refractivity contribution < 1.29 is 14.3 Å². The Hall–Kier alpha value is -3.48. The van der Waals surface area contributed by atoms with Crippen LogP contribution in [0.2, 0.25) is 0 Å². The summed E-state index contributed by atoms with van der Waals surface area (Å²) in [6.45, 7) is 3.46. The average Bonchev–Trinajstić information content (AvgIpc) is 2.71. The number of para-hydroxylation sites is 1. The maximum atomic E-state index is 12.8. The van der Waals surface area contributed by atoms with Crippen LogP contribution in [0.3, 0.4) is 0 Å². The standard InChI is InChI=1S/C22H23N3O4/c1-14-8-10-16(11-9-14)19(12-21(27)29-3)24-20(26)13-25-15(2)23-18-7-5-4-6-17(18)22(25)28/h4-11,19H,12-13H2,1-3H3,(H,24,26). The lowest BCUT2D eigenvalue weighted by molar-refractivity contribution is -0.141. The van der Waals surface area contributed by atoms with Crippen LogP contribution < -0.4 is 10.9 Å². The quantitative estimate of drug-likeness (QED) is 0.650. The van der Waals surface area contributed by atoms with Crippen molar-refractivity contribution in [2.24, 2.45) is 0 Å². The van der Waals surface area contributed by atoms with E-state index in [1.54, 1.807) is 25.1 Å². The highest BCUT2D eigenvalue weighted by Crippen LogP contribution is 2.18. The van der Waals surface area contributed by atoms with Gasteiger partial charge in [-0.3, -0.25) is 19.0 Å². The highest BCUT2D eigenvalue weighted by atomic mass is 16.5. The topological polar surface area (TPSA) is 90.3 Å². The number of nitrogens with one attached hydrogen (secondary N) is 1. The third-order valence-electron chi connectivity index (χ3n) is 4.77. The number of aryl methyl sites for hydroxylation is 2. The summed E-state index contributed by atoms with van der Waals surface area (Å²) in [5, 5.41) is 3.30. The third kappa shape index (κ3) is 4.68. The maximum absolute atomic E-state index is 12.8. The molecule has 29 heavy (non-hydrogen) atoms. The molecule has 7 heteroatoms. The van der Waals surface area contributed by atoms with Crippen molar-refractivity contribution in [3.05, 3.63) is 75.8 Å². The molecule has 0 bridgehead atoms. The van der Waals surface area contributed by atoms with Crippen LogP contribution in [0.15, 0.2) is 53.3 Å². The van der Waals surface area contributed by atoms with Gasteiger partial charge in [-0.1, -0.05) is 42.0 Å². The van der Waals surface area contributed by atoms with E-state index in [4.69, 9.17) is 4.74 Å². The largest absolute Gasteiger partial charge is 0.469 e. The molecule has 1 atom stereocenters. The molecule has 1 heterocycles. The molecule has 0 aliphatic heterocycles. The minimum atomic E-state index is -0.556. The Labute approximate surface area is 168 Å². The fraction of sp³-hybridized carbons (Fsp3) is 0.273. The Morgan fingerprint density at radius 3 is 2.48 bits per heavy atom. The molecule has 2 aromatic carbocycles. The lowest BCUT2D eigenvalue weighted by atomic mass is 10.0. The summed E-state index contributed by atoms with van der Waals surface area (Å²) in [5.74, 6) is -0.373. The summed E-state index contributed by atoms with van der Waals surface area (Å²) in [6.07, 6.45) is -0.00481. The van der Waals surface area contributed by atoms with Crippen molar-refractivity contribution in [3.63, 3.8) is 0 Å². The number of amides is 1. The molecule has 1 aromatic heterocycles. The smallest absolute Gasteiger partial charge is 0.307 e. The van der Waals surface area contributed by atoms with Crippen molar-refractivity contribution >= 4 is 22.8 Å². The van der Waals surface area contributed by atoms with Crippen LogP contribution in [0, 0.1) is 13.8 Å². The first kappa shape index (κ1) is 20.3. The third-order valence-corrected chi connectivity index (χ3v) is 4.77. The van der Waals surface area contributed by atoms with Gasteiger partial charge in [0.25, 0.3) is 5.56 Å². The Morgan fingerprint density at radius 1 is 1.10 bits per heavy atom. The zero-order chi connectivity index (χ0) is 21.0. The highest BCUT2D eigenvalue weighted by Gasteiger charge is 2.20. The number of benzene rings is 2. The SMILES string of the molecule is COC(=O)CC(NC(=O)Cn1c(C)nc2ccccc2c1=O)c1ccc(C)cc1.